The molecule has 0 saturated carbocycles. The third kappa shape index (κ3) is 20.2. The average molecular weight is 320 g/mol. The largest absolute Gasteiger partial charge is 1.00 e. The van der Waals surface area contributed by atoms with E-state index in [2.05, 4.69) is 19.1 Å². The zero-order valence-corrected chi connectivity index (χ0v) is 16.7. The first-order valence-electron chi connectivity index (χ1n) is 8.69. The summed E-state index contributed by atoms with van der Waals surface area (Å²) in [5.41, 5.74) is 0. The number of carbonyl (C=O) groups is 1. The number of aliphatic hydroxyl groups is 1. The van der Waals surface area contributed by atoms with Crippen molar-refractivity contribution < 1.29 is 44.6 Å². The summed E-state index contributed by atoms with van der Waals surface area (Å²) in [6.07, 6.45) is 17.0. The molecule has 1 N–H and O–H groups in total. The van der Waals surface area contributed by atoms with Crippen LogP contribution in [0.25, 0.3) is 0 Å². The molecule has 0 aromatic carbocycles. The number of carboxylic acids is 1. The summed E-state index contributed by atoms with van der Waals surface area (Å²) in [5.74, 6) is -0.975. The van der Waals surface area contributed by atoms with Crippen molar-refractivity contribution in [3.8, 4) is 0 Å². The second-order valence-corrected chi connectivity index (χ2v) is 5.88. The van der Waals surface area contributed by atoms with Crippen molar-refractivity contribution in [2.75, 3.05) is 0 Å². The van der Waals surface area contributed by atoms with Crippen LogP contribution in [0.2, 0.25) is 0 Å². The second-order valence-electron chi connectivity index (χ2n) is 5.88. The van der Waals surface area contributed by atoms with Crippen LogP contribution in [-0.4, -0.2) is 17.2 Å². The van der Waals surface area contributed by atoms with Crippen molar-refractivity contribution >= 4 is 5.97 Å². The molecule has 1 atom stereocenters. The molecule has 0 rings (SSSR count). The summed E-state index contributed by atoms with van der Waals surface area (Å²) in [5, 5.41) is 20.0. The molecule has 3 nitrogen and oxygen atoms in total. The van der Waals surface area contributed by atoms with Crippen LogP contribution in [0.4, 0.5) is 0 Å². The van der Waals surface area contributed by atoms with Crippen LogP contribution in [0.3, 0.4) is 0 Å². The van der Waals surface area contributed by atoms with E-state index in [1.165, 1.54) is 32.1 Å². The van der Waals surface area contributed by atoms with Gasteiger partial charge in [0.25, 0.3) is 0 Å². The number of rotatable bonds is 15. The number of hydrogen-bond donors (Lipinski definition) is 1. The minimum atomic E-state index is -0.975. The molecule has 0 fully saturated rings. The van der Waals surface area contributed by atoms with Crippen molar-refractivity contribution in [2.45, 2.75) is 96.5 Å². The van der Waals surface area contributed by atoms with Crippen molar-refractivity contribution in [2.24, 2.45) is 0 Å². The molecule has 0 aliphatic carbocycles. The molecule has 4 heteroatoms. The Morgan fingerprint density at radius 2 is 1.55 bits per heavy atom. The van der Waals surface area contributed by atoms with Gasteiger partial charge in [0.2, 0.25) is 0 Å². The van der Waals surface area contributed by atoms with Gasteiger partial charge in [0.15, 0.2) is 0 Å². The van der Waals surface area contributed by atoms with Crippen molar-refractivity contribution in [1.29, 1.82) is 0 Å². The van der Waals surface area contributed by atoms with Gasteiger partial charge in [-0.1, -0.05) is 51.2 Å². The van der Waals surface area contributed by atoms with Crippen LogP contribution in [0.15, 0.2) is 12.2 Å². The zero-order chi connectivity index (χ0) is 15.8. The van der Waals surface area contributed by atoms with E-state index in [9.17, 15) is 15.0 Å². The van der Waals surface area contributed by atoms with E-state index in [-0.39, 0.29) is 42.1 Å². The molecule has 0 aromatic rings. The second kappa shape index (κ2) is 19.2. The fourth-order valence-corrected chi connectivity index (χ4v) is 2.37. The van der Waals surface area contributed by atoms with Gasteiger partial charge >= 0.3 is 29.6 Å². The van der Waals surface area contributed by atoms with Crippen LogP contribution >= 0.6 is 0 Å². The van der Waals surface area contributed by atoms with Gasteiger partial charge in [-0.3, -0.25) is 0 Å². The predicted molar refractivity (Wildman–Crippen MR) is 85.8 cm³/mol. The first-order valence-corrected chi connectivity index (χ1v) is 8.69. The molecule has 0 spiro atoms. The molecular weight excluding hydrogens is 287 g/mol. The van der Waals surface area contributed by atoms with E-state index in [4.69, 9.17) is 0 Å². The number of aliphatic hydroxyl groups excluding tert-OH is 1. The average Bonchev–Trinajstić information content (AvgIpc) is 2.45. The summed E-state index contributed by atoms with van der Waals surface area (Å²) < 4.78 is 0. The molecule has 0 radical (unpaired) electrons. The van der Waals surface area contributed by atoms with Crippen molar-refractivity contribution in [1.82, 2.24) is 0 Å². The molecule has 0 bridgehead atoms. The Morgan fingerprint density at radius 3 is 2.18 bits per heavy atom. The maximum atomic E-state index is 10.2. The molecular formula is C18H33NaO3. The van der Waals surface area contributed by atoms with Crippen LogP contribution in [-0.2, 0) is 4.79 Å². The van der Waals surface area contributed by atoms with E-state index in [0.717, 1.165) is 38.5 Å². The van der Waals surface area contributed by atoms with Crippen LogP contribution in [0, 0.1) is 0 Å². The Hall–Kier alpha value is 0.170. The number of allylic oxidation sites excluding steroid dienone is 2. The monoisotopic (exact) mass is 320 g/mol. The number of carboxylic acid groups (broad SMARTS) is 1. The van der Waals surface area contributed by atoms with Gasteiger partial charge < -0.3 is 15.0 Å². The van der Waals surface area contributed by atoms with Crippen LogP contribution < -0.4 is 34.7 Å². The van der Waals surface area contributed by atoms with Gasteiger partial charge in [0.05, 0.1) is 6.10 Å². The van der Waals surface area contributed by atoms with Crippen molar-refractivity contribution in [3.05, 3.63) is 12.2 Å². The number of carbonyl (C=O) groups excluding carboxylic acids is 1. The van der Waals surface area contributed by atoms with E-state index in [1.807, 2.05) is 0 Å². The summed E-state index contributed by atoms with van der Waals surface area (Å²) in [6.45, 7) is 2.23. The number of unbranched alkanes of at least 4 members (excludes halogenated alkanes) is 7. The summed E-state index contributed by atoms with van der Waals surface area (Å²) in [7, 11) is 0. The van der Waals surface area contributed by atoms with Crippen LogP contribution in [0.1, 0.15) is 90.4 Å². The Bertz CT molecular complexity index is 267. The van der Waals surface area contributed by atoms with Crippen molar-refractivity contribution in [3.63, 3.8) is 0 Å². The topological polar surface area (TPSA) is 60.4 Å². The standard InChI is InChI=1S/C18H34O3.Na/c1-2-3-4-5-6-7-8-9-11-14-17(19)15-12-10-13-16-18(20)21;/h7-8,17,19H,2-6,9-16H2,1H3,(H,20,21);/q;+1/p-1/b8-7+;. The Balaban J connectivity index is 0. The third-order valence-corrected chi connectivity index (χ3v) is 3.72. The predicted octanol–water partition coefficient (Wildman–Crippen LogP) is 0.749. The number of hydrogen-bond acceptors (Lipinski definition) is 3. The Labute approximate surface area is 158 Å². The van der Waals surface area contributed by atoms with E-state index in [1.54, 1.807) is 0 Å². The van der Waals surface area contributed by atoms with E-state index in [0.29, 0.717) is 6.42 Å². The maximum absolute atomic E-state index is 10.2. The first kappa shape index (κ1) is 24.4. The molecule has 1 unspecified atom stereocenters. The maximum Gasteiger partial charge on any atom is 1.00 e. The normalized spacial score (nSPS) is 12.3. The zero-order valence-electron chi connectivity index (χ0n) is 14.7. The Morgan fingerprint density at radius 1 is 0.955 bits per heavy atom. The minimum absolute atomic E-state index is 0. The first-order chi connectivity index (χ1) is 10.2. The van der Waals surface area contributed by atoms with Gasteiger partial charge in [0.1, 0.15) is 0 Å². The van der Waals surface area contributed by atoms with Gasteiger partial charge in [0, 0.05) is 5.97 Å². The van der Waals surface area contributed by atoms with Gasteiger partial charge in [-0.15, -0.1) is 0 Å². The molecule has 22 heavy (non-hydrogen) atoms. The molecule has 0 amide bonds. The smallest absolute Gasteiger partial charge is 0.550 e. The molecule has 124 valence electrons. The fourth-order valence-electron chi connectivity index (χ4n) is 2.37. The quantitative estimate of drug-likeness (QED) is 0.275. The van der Waals surface area contributed by atoms with E-state index >= 15 is 0 Å². The van der Waals surface area contributed by atoms with Gasteiger partial charge in [-0.2, -0.15) is 0 Å². The summed E-state index contributed by atoms with van der Waals surface area (Å²) in [4.78, 5) is 10.2. The Kier molecular flexibility index (Phi) is 21.3. The molecule has 0 heterocycles. The summed E-state index contributed by atoms with van der Waals surface area (Å²) >= 11 is 0. The minimum Gasteiger partial charge on any atom is -0.550 e. The molecule has 0 aromatic heterocycles. The molecule has 0 saturated heterocycles. The van der Waals surface area contributed by atoms with Gasteiger partial charge in [-0.25, -0.2) is 0 Å². The fraction of sp³-hybridized carbons (Fsp3) is 0.833. The van der Waals surface area contributed by atoms with E-state index < -0.39 is 5.97 Å². The van der Waals surface area contributed by atoms with Gasteiger partial charge in [-0.05, 0) is 51.4 Å². The molecule has 0 aliphatic heterocycles. The molecule has 0 aliphatic rings. The summed E-state index contributed by atoms with van der Waals surface area (Å²) in [6, 6.07) is 0. The van der Waals surface area contributed by atoms with Crippen LogP contribution in [0.5, 0.6) is 0 Å². The number of aliphatic carboxylic acids is 1. The third-order valence-electron chi connectivity index (χ3n) is 3.72. The SMILES string of the molecule is CCCCCC/C=C/CCCC(O)CCCCCC(=O)[O-].[Na+].